The molecule has 0 aliphatic carbocycles. The molecule has 0 spiro atoms. The lowest BCUT2D eigenvalue weighted by atomic mass is 10.1. The molecule has 1 rings (SSSR count). The number of benzene rings is 1. The fourth-order valence-corrected chi connectivity index (χ4v) is 1.20. The zero-order valence-corrected chi connectivity index (χ0v) is 9.04. The molecule has 1 aromatic rings. The summed E-state index contributed by atoms with van der Waals surface area (Å²) in [5, 5.41) is 0. The van der Waals surface area contributed by atoms with Crippen molar-refractivity contribution >= 4 is 21.7 Å². The molecule has 0 amide bonds. The number of allylic oxidation sites excluding steroid dienone is 2. The van der Waals surface area contributed by atoms with E-state index in [4.69, 9.17) is 0 Å². The van der Waals surface area contributed by atoms with E-state index in [9.17, 15) is 4.79 Å². The molecule has 0 bridgehead atoms. The Bertz CT molecular complexity index is 311. The molecule has 0 atom stereocenters. The van der Waals surface area contributed by atoms with Gasteiger partial charge in [0.15, 0.2) is 5.78 Å². The Morgan fingerprint density at radius 1 is 1.38 bits per heavy atom. The van der Waals surface area contributed by atoms with Crippen LogP contribution in [0.5, 0.6) is 0 Å². The summed E-state index contributed by atoms with van der Waals surface area (Å²) in [5.41, 5.74) is 0.730. The number of carbonyl (C=O) groups is 1. The molecule has 0 saturated carbocycles. The minimum absolute atomic E-state index is 0.0642. The first-order valence-electron chi connectivity index (χ1n) is 4.20. The predicted octanol–water partition coefficient (Wildman–Crippen LogP) is 3.60. The number of hydrogen-bond donors (Lipinski definition) is 0. The smallest absolute Gasteiger partial charge is 0.185 e. The fourth-order valence-electron chi connectivity index (χ4n) is 0.935. The molecule has 1 aromatic carbocycles. The molecule has 0 heterocycles. The average Bonchev–Trinajstić information content (AvgIpc) is 2.15. The van der Waals surface area contributed by atoms with Gasteiger partial charge >= 0.3 is 0 Å². The van der Waals surface area contributed by atoms with Gasteiger partial charge in [-0.05, 0) is 36.8 Å². The van der Waals surface area contributed by atoms with Crippen LogP contribution in [0.3, 0.4) is 0 Å². The van der Waals surface area contributed by atoms with Gasteiger partial charge in [-0.2, -0.15) is 0 Å². The molecule has 0 aromatic heterocycles. The summed E-state index contributed by atoms with van der Waals surface area (Å²) in [4.78, 5) is 11.4. The third-order valence-corrected chi connectivity index (χ3v) is 2.16. The van der Waals surface area contributed by atoms with Gasteiger partial charge < -0.3 is 0 Å². The van der Waals surface area contributed by atoms with Gasteiger partial charge in [0.05, 0.1) is 0 Å². The molecule has 0 saturated heterocycles. The van der Waals surface area contributed by atoms with Crippen molar-refractivity contribution in [3.63, 3.8) is 0 Å². The summed E-state index contributed by atoms with van der Waals surface area (Å²) < 4.78 is 0.989. The van der Waals surface area contributed by atoms with Crippen LogP contribution in [-0.2, 0) is 0 Å². The van der Waals surface area contributed by atoms with E-state index in [1.54, 1.807) is 6.08 Å². The van der Waals surface area contributed by atoms with E-state index >= 15 is 0 Å². The van der Waals surface area contributed by atoms with Crippen LogP contribution in [0.15, 0.2) is 40.9 Å². The standard InChI is InChI=1S/C11H11BrO/c1-2-3-4-11(13)9-5-7-10(12)8-6-9/h3-8H,2H2,1H3/b4-3+. The van der Waals surface area contributed by atoms with Crippen LogP contribution in [-0.4, -0.2) is 5.78 Å². The van der Waals surface area contributed by atoms with E-state index in [-0.39, 0.29) is 5.78 Å². The second kappa shape index (κ2) is 4.97. The van der Waals surface area contributed by atoms with Crippen LogP contribution in [0.2, 0.25) is 0 Å². The molecular weight excluding hydrogens is 228 g/mol. The number of ketones is 1. The first-order chi connectivity index (χ1) is 6.24. The highest BCUT2D eigenvalue weighted by atomic mass is 79.9. The van der Waals surface area contributed by atoms with Gasteiger partial charge in [0.2, 0.25) is 0 Å². The largest absolute Gasteiger partial charge is 0.289 e. The van der Waals surface area contributed by atoms with Gasteiger partial charge in [0.25, 0.3) is 0 Å². The predicted molar refractivity (Wildman–Crippen MR) is 57.9 cm³/mol. The summed E-state index contributed by atoms with van der Waals surface area (Å²) in [6.45, 7) is 2.01. The average molecular weight is 239 g/mol. The van der Waals surface area contributed by atoms with Gasteiger partial charge in [0.1, 0.15) is 0 Å². The molecule has 0 unspecified atom stereocenters. The topological polar surface area (TPSA) is 17.1 Å². The summed E-state index contributed by atoms with van der Waals surface area (Å²) in [6.07, 6.45) is 4.37. The first-order valence-corrected chi connectivity index (χ1v) is 4.99. The lowest BCUT2D eigenvalue weighted by Gasteiger charge is -1.94. The van der Waals surface area contributed by atoms with Crippen molar-refractivity contribution in [2.24, 2.45) is 0 Å². The van der Waals surface area contributed by atoms with Crippen molar-refractivity contribution in [3.8, 4) is 0 Å². The molecule has 0 fully saturated rings. The van der Waals surface area contributed by atoms with E-state index < -0.39 is 0 Å². The van der Waals surface area contributed by atoms with Crippen molar-refractivity contribution in [1.29, 1.82) is 0 Å². The molecule has 1 nitrogen and oxygen atoms in total. The van der Waals surface area contributed by atoms with Gasteiger partial charge in [-0.15, -0.1) is 0 Å². The van der Waals surface area contributed by atoms with Gasteiger partial charge in [-0.1, -0.05) is 28.9 Å². The van der Waals surface area contributed by atoms with Crippen LogP contribution in [0.1, 0.15) is 23.7 Å². The zero-order chi connectivity index (χ0) is 9.68. The maximum atomic E-state index is 11.4. The van der Waals surface area contributed by atoms with Crippen LogP contribution in [0.25, 0.3) is 0 Å². The lowest BCUT2D eigenvalue weighted by Crippen LogP contribution is -1.92. The van der Waals surface area contributed by atoms with Crippen molar-refractivity contribution in [3.05, 3.63) is 46.5 Å². The number of rotatable bonds is 3. The third kappa shape index (κ3) is 3.15. The second-order valence-electron chi connectivity index (χ2n) is 2.68. The Hall–Kier alpha value is -0.890. The lowest BCUT2D eigenvalue weighted by molar-refractivity contribution is 0.104. The van der Waals surface area contributed by atoms with Gasteiger partial charge in [0, 0.05) is 10.0 Å². The van der Waals surface area contributed by atoms with Crippen LogP contribution in [0.4, 0.5) is 0 Å². The van der Waals surface area contributed by atoms with E-state index in [0.29, 0.717) is 0 Å². The number of halogens is 1. The highest BCUT2D eigenvalue weighted by Crippen LogP contribution is 2.11. The molecule has 0 aliphatic heterocycles. The van der Waals surface area contributed by atoms with Crippen molar-refractivity contribution in [2.75, 3.05) is 0 Å². The fraction of sp³-hybridized carbons (Fsp3) is 0.182. The molecule has 68 valence electrons. The van der Waals surface area contributed by atoms with Gasteiger partial charge in [-0.3, -0.25) is 4.79 Å². The number of carbonyl (C=O) groups excluding carboxylic acids is 1. The minimum Gasteiger partial charge on any atom is -0.289 e. The van der Waals surface area contributed by atoms with E-state index in [0.717, 1.165) is 16.5 Å². The third-order valence-electron chi connectivity index (χ3n) is 1.63. The Morgan fingerprint density at radius 3 is 2.54 bits per heavy atom. The molecule has 13 heavy (non-hydrogen) atoms. The molecule has 0 aliphatic rings. The molecular formula is C11H11BrO. The summed E-state index contributed by atoms with van der Waals surface area (Å²) in [6, 6.07) is 7.36. The zero-order valence-electron chi connectivity index (χ0n) is 7.46. The van der Waals surface area contributed by atoms with E-state index in [2.05, 4.69) is 15.9 Å². The summed E-state index contributed by atoms with van der Waals surface area (Å²) in [7, 11) is 0. The quantitative estimate of drug-likeness (QED) is 0.581. The molecule has 0 radical (unpaired) electrons. The maximum absolute atomic E-state index is 11.4. The first kappa shape index (κ1) is 10.2. The Morgan fingerprint density at radius 2 is 2.00 bits per heavy atom. The van der Waals surface area contributed by atoms with Gasteiger partial charge in [-0.25, -0.2) is 0 Å². The van der Waals surface area contributed by atoms with Crippen LogP contribution >= 0.6 is 15.9 Å². The highest BCUT2D eigenvalue weighted by Gasteiger charge is 1.99. The maximum Gasteiger partial charge on any atom is 0.185 e. The van der Waals surface area contributed by atoms with Crippen LogP contribution < -0.4 is 0 Å². The second-order valence-corrected chi connectivity index (χ2v) is 3.60. The van der Waals surface area contributed by atoms with Crippen LogP contribution in [0, 0.1) is 0 Å². The molecule has 2 heteroatoms. The minimum atomic E-state index is 0.0642. The Labute approximate surface area is 86.6 Å². The Balaban J connectivity index is 2.78. The highest BCUT2D eigenvalue weighted by molar-refractivity contribution is 9.10. The Kier molecular flexibility index (Phi) is 3.90. The van der Waals surface area contributed by atoms with E-state index in [1.807, 2.05) is 37.3 Å². The summed E-state index contributed by atoms with van der Waals surface area (Å²) >= 11 is 3.32. The SMILES string of the molecule is CC/C=C/C(=O)c1ccc(Br)cc1. The monoisotopic (exact) mass is 238 g/mol. The van der Waals surface area contributed by atoms with E-state index in [1.165, 1.54) is 0 Å². The summed E-state index contributed by atoms with van der Waals surface area (Å²) in [5.74, 6) is 0.0642. The normalized spacial score (nSPS) is 10.6. The number of hydrogen-bond acceptors (Lipinski definition) is 1. The van der Waals surface area contributed by atoms with Crippen molar-refractivity contribution in [1.82, 2.24) is 0 Å². The van der Waals surface area contributed by atoms with Crippen molar-refractivity contribution < 1.29 is 4.79 Å². The molecule has 0 N–H and O–H groups in total. The van der Waals surface area contributed by atoms with Crippen molar-refractivity contribution in [2.45, 2.75) is 13.3 Å².